The number of methoxy groups -OCH3 is 1. The van der Waals surface area contributed by atoms with Crippen LogP contribution in [0.5, 0.6) is 5.75 Å². The third kappa shape index (κ3) is 3.91. The van der Waals surface area contributed by atoms with Crippen LogP contribution in [0.2, 0.25) is 0 Å². The monoisotopic (exact) mass is 316 g/mol. The van der Waals surface area contributed by atoms with Crippen LogP contribution < -0.4 is 15.4 Å². The Hall–Kier alpha value is -1.76. The number of carbonyl (C=O) groups is 1. The summed E-state index contributed by atoms with van der Waals surface area (Å²) in [5.41, 5.74) is 0.977. The molecule has 0 radical (unpaired) electrons. The summed E-state index contributed by atoms with van der Waals surface area (Å²) >= 11 is 0. The fraction of sp³-hybridized carbons (Fsp3) is 0.533. The van der Waals surface area contributed by atoms with Crippen LogP contribution in [0.4, 0.5) is 13.2 Å². The van der Waals surface area contributed by atoms with Crippen LogP contribution >= 0.6 is 0 Å². The van der Waals surface area contributed by atoms with E-state index in [1.54, 1.807) is 7.11 Å². The fourth-order valence-corrected chi connectivity index (χ4v) is 2.74. The van der Waals surface area contributed by atoms with E-state index < -0.39 is 18.1 Å². The largest absolute Gasteiger partial charge is 0.497 e. The number of halogens is 3. The third-order valence-electron chi connectivity index (χ3n) is 3.94. The topological polar surface area (TPSA) is 50.4 Å². The summed E-state index contributed by atoms with van der Waals surface area (Å²) in [6.07, 6.45) is -4.41. The molecule has 1 amide bonds. The van der Waals surface area contributed by atoms with Crippen molar-refractivity contribution in [1.29, 1.82) is 0 Å². The van der Waals surface area contributed by atoms with Gasteiger partial charge in [0.1, 0.15) is 5.75 Å². The standard InChI is InChI=1S/C15H19F3N2O2/c1-9-13(10-4-3-5-12(6-10)22-2)7-11(8-19-9)20-14(21)15(16,17)18/h3-6,9,11,13,19H,7-8H2,1-2H3,(H,20,21). The zero-order valence-electron chi connectivity index (χ0n) is 12.4. The highest BCUT2D eigenvalue weighted by Gasteiger charge is 2.41. The molecule has 3 unspecified atom stereocenters. The molecule has 0 aromatic heterocycles. The average molecular weight is 316 g/mol. The molecule has 1 heterocycles. The Bertz CT molecular complexity index is 534. The Balaban J connectivity index is 2.09. The summed E-state index contributed by atoms with van der Waals surface area (Å²) in [5, 5.41) is 5.20. The summed E-state index contributed by atoms with van der Waals surface area (Å²) in [4.78, 5) is 11.1. The van der Waals surface area contributed by atoms with E-state index in [0.29, 0.717) is 18.7 Å². The SMILES string of the molecule is COc1cccc(C2CC(NC(=O)C(F)(F)F)CNC2C)c1. The fourth-order valence-electron chi connectivity index (χ4n) is 2.74. The quantitative estimate of drug-likeness (QED) is 0.899. The molecule has 1 aliphatic rings. The molecule has 4 nitrogen and oxygen atoms in total. The van der Waals surface area contributed by atoms with Gasteiger partial charge in [0.2, 0.25) is 0 Å². The average Bonchev–Trinajstić information content (AvgIpc) is 2.48. The number of ether oxygens (including phenoxy) is 1. The molecule has 0 aliphatic carbocycles. The van der Waals surface area contributed by atoms with Crippen molar-refractivity contribution in [2.24, 2.45) is 0 Å². The number of hydrogen-bond donors (Lipinski definition) is 2. The second kappa shape index (κ2) is 6.56. The Kier molecular flexibility index (Phi) is 4.95. The molecule has 0 saturated carbocycles. The predicted octanol–water partition coefficient (Wildman–Crippen LogP) is 2.21. The van der Waals surface area contributed by atoms with E-state index in [-0.39, 0.29) is 12.0 Å². The highest BCUT2D eigenvalue weighted by molar-refractivity contribution is 5.82. The second-order valence-corrected chi connectivity index (χ2v) is 5.48. The van der Waals surface area contributed by atoms with E-state index in [1.165, 1.54) is 0 Å². The molecule has 22 heavy (non-hydrogen) atoms. The molecule has 7 heteroatoms. The van der Waals surface area contributed by atoms with Gasteiger partial charge in [-0.2, -0.15) is 13.2 Å². The number of benzene rings is 1. The number of amides is 1. The molecule has 3 atom stereocenters. The van der Waals surface area contributed by atoms with E-state index in [4.69, 9.17) is 4.74 Å². The summed E-state index contributed by atoms with van der Waals surface area (Å²) < 4.78 is 42.2. The van der Waals surface area contributed by atoms with Crippen LogP contribution in [0.3, 0.4) is 0 Å². The molecule has 0 spiro atoms. The molecule has 1 aromatic carbocycles. The van der Waals surface area contributed by atoms with Gasteiger partial charge in [0.25, 0.3) is 0 Å². The van der Waals surface area contributed by atoms with Crippen molar-refractivity contribution in [2.45, 2.75) is 37.5 Å². The zero-order valence-corrected chi connectivity index (χ0v) is 12.4. The maximum Gasteiger partial charge on any atom is 0.471 e. The number of alkyl halides is 3. The first-order chi connectivity index (χ1) is 10.3. The molecule has 1 aromatic rings. The molecule has 2 rings (SSSR count). The van der Waals surface area contributed by atoms with E-state index in [1.807, 2.05) is 31.2 Å². The number of nitrogens with one attached hydrogen (secondary N) is 2. The molecule has 1 aliphatic heterocycles. The van der Waals surface area contributed by atoms with E-state index in [9.17, 15) is 18.0 Å². The lowest BCUT2D eigenvalue weighted by atomic mass is 9.83. The van der Waals surface area contributed by atoms with E-state index >= 15 is 0 Å². The minimum absolute atomic E-state index is 0.00221. The van der Waals surface area contributed by atoms with Crippen LogP contribution in [-0.2, 0) is 4.79 Å². The molecule has 0 bridgehead atoms. The summed E-state index contributed by atoms with van der Waals surface area (Å²) in [6, 6.07) is 7.00. The van der Waals surface area contributed by atoms with Crippen LogP contribution in [-0.4, -0.2) is 37.8 Å². The van der Waals surface area contributed by atoms with Gasteiger partial charge < -0.3 is 15.4 Å². The van der Waals surface area contributed by atoms with Gasteiger partial charge in [0, 0.05) is 24.5 Å². The first-order valence-corrected chi connectivity index (χ1v) is 7.06. The minimum atomic E-state index is -4.85. The van der Waals surface area contributed by atoms with Gasteiger partial charge in [0.15, 0.2) is 0 Å². The first kappa shape index (κ1) is 16.6. The van der Waals surface area contributed by atoms with Crippen molar-refractivity contribution < 1.29 is 22.7 Å². The number of rotatable bonds is 3. The minimum Gasteiger partial charge on any atom is -0.497 e. The smallest absolute Gasteiger partial charge is 0.471 e. The normalized spacial score (nSPS) is 25.6. The van der Waals surface area contributed by atoms with Crippen molar-refractivity contribution in [1.82, 2.24) is 10.6 Å². The van der Waals surface area contributed by atoms with Gasteiger partial charge in [-0.15, -0.1) is 0 Å². The maximum atomic E-state index is 12.4. The maximum absolute atomic E-state index is 12.4. The van der Waals surface area contributed by atoms with Crippen molar-refractivity contribution >= 4 is 5.91 Å². The zero-order chi connectivity index (χ0) is 16.3. The summed E-state index contributed by atoms with van der Waals surface area (Å²) in [7, 11) is 1.56. The number of piperidine rings is 1. The van der Waals surface area contributed by atoms with Crippen LogP contribution in [0.15, 0.2) is 24.3 Å². The third-order valence-corrected chi connectivity index (χ3v) is 3.94. The second-order valence-electron chi connectivity index (χ2n) is 5.48. The Labute approximate surface area is 127 Å². The van der Waals surface area contributed by atoms with Crippen molar-refractivity contribution in [3.8, 4) is 5.75 Å². The van der Waals surface area contributed by atoms with Crippen molar-refractivity contribution in [3.63, 3.8) is 0 Å². The van der Waals surface area contributed by atoms with Crippen molar-refractivity contribution in [3.05, 3.63) is 29.8 Å². The highest BCUT2D eigenvalue weighted by Crippen LogP contribution is 2.30. The van der Waals surface area contributed by atoms with Gasteiger partial charge in [0.05, 0.1) is 7.11 Å². The van der Waals surface area contributed by atoms with Gasteiger partial charge in [-0.1, -0.05) is 12.1 Å². The summed E-state index contributed by atoms with van der Waals surface area (Å²) in [5.74, 6) is -1.19. The first-order valence-electron chi connectivity index (χ1n) is 7.06. The van der Waals surface area contributed by atoms with E-state index in [0.717, 1.165) is 5.56 Å². The Morgan fingerprint density at radius 1 is 1.41 bits per heavy atom. The lowest BCUT2D eigenvalue weighted by molar-refractivity contribution is -0.174. The van der Waals surface area contributed by atoms with Crippen LogP contribution in [0, 0.1) is 0 Å². The van der Waals surface area contributed by atoms with Gasteiger partial charge in [-0.25, -0.2) is 0 Å². The molecule has 1 fully saturated rings. The van der Waals surface area contributed by atoms with Crippen LogP contribution in [0.25, 0.3) is 0 Å². The lowest BCUT2D eigenvalue weighted by Crippen LogP contribution is -2.54. The van der Waals surface area contributed by atoms with Gasteiger partial charge in [-0.3, -0.25) is 4.79 Å². The van der Waals surface area contributed by atoms with Gasteiger partial charge in [-0.05, 0) is 31.0 Å². The van der Waals surface area contributed by atoms with Crippen molar-refractivity contribution in [2.75, 3.05) is 13.7 Å². The molecule has 122 valence electrons. The molecular formula is C15H19F3N2O2. The molecular weight excluding hydrogens is 297 g/mol. The Morgan fingerprint density at radius 2 is 2.14 bits per heavy atom. The highest BCUT2D eigenvalue weighted by atomic mass is 19.4. The molecule has 2 N–H and O–H groups in total. The lowest BCUT2D eigenvalue weighted by Gasteiger charge is -2.36. The Morgan fingerprint density at radius 3 is 2.77 bits per heavy atom. The summed E-state index contributed by atoms with van der Waals surface area (Å²) in [6.45, 7) is 2.30. The number of carbonyl (C=O) groups excluding carboxylic acids is 1. The predicted molar refractivity (Wildman–Crippen MR) is 75.8 cm³/mol. The van der Waals surface area contributed by atoms with E-state index in [2.05, 4.69) is 10.6 Å². The van der Waals surface area contributed by atoms with Gasteiger partial charge >= 0.3 is 12.1 Å². The van der Waals surface area contributed by atoms with Crippen LogP contribution in [0.1, 0.15) is 24.8 Å². The molecule has 1 saturated heterocycles. The number of hydrogen-bond acceptors (Lipinski definition) is 3.